The number of alkyl halides is 3. The van der Waals surface area contributed by atoms with E-state index in [1.165, 1.54) is 25.7 Å². The SMILES string of the molecule is CCCCCCN.O=C(O)C(F)(F)F. The molecule has 0 fully saturated rings. The summed E-state index contributed by atoms with van der Waals surface area (Å²) in [4.78, 5) is 8.90. The summed E-state index contributed by atoms with van der Waals surface area (Å²) < 4.78 is 31.7. The molecule has 0 amide bonds. The highest BCUT2D eigenvalue weighted by Gasteiger charge is 2.38. The smallest absolute Gasteiger partial charge is 0.475 e. The van der Waals surface area contributed by atoms with Crippen molar-refractivity contribution in [3.63, 3.8) is 0 Å². The summed E-state index contributed by atoms with van der Waals surface area (Å²) in [5.74, 6) is -2.76. The molecule has 0 saturated heterocycles. The molecule has 0 saturated carbocycles. The van der Waals surface area contributed by atoms with Crippen LogP contribution in [0.15, 0.2) is 0 Å². The summed E-state index contributed by atoms with van der Waals surface area (Å²) in [6.07, 6.45) is 0.0814. The fourth-order valence-corrected chi connectivity index (χ4v) is 0.571. The molecule has 0 unspecified atom stereocenters. The molecule has 3 N–H and O–H groups in total. The Hall–Kier alpha value is -0.780. The molecule has 0 radical (unpaired) electrons. The van der Waals surface area contributed by atoms with Gasteiger partial charge in [-0.05, 0) is 13.0 Å². The van der Waals surface area contributed by atoms with Crippen LogP contribution in [0.1, 0.15) is 32.6 Å². The molecule has 3 nitrogen and oxygen atoms in total. The van der Waals surface area contributed by atoms with Gasteiger partial charge in [-0.15, -0.1) is 0 Å². The number of unbranched alkanes of at least 4 members (excludes halogenated alkanes) is 3. The third-order valence-corrected chi connectivity index (χ3v) is 1.30. The lowest BCUT2D eigenvalue weighted by atomic mass is 10.2. The molecule has 0 aliphatic rings. The first-order chi connectivity index (χ1) is 6.36. The van der Waals surface area contributed by atoms with E-state index in [2.05, 4.69) is 6.92 Å². The predicted molar refractivity (Wildman–Crippen MR) is 46.9 cm³/mol. The van der Waals surface area contributed by atoms with Crippen molar-refractivity contribution in [2.75, 3.05) is 6.54 Å². The van der Waals surface area contributed by atoms with Crippen LogP contribution in [0.2, 0.25) is 0 Å². The van der Waals surface area contributed by atoms with E-state index in [1.54, 1.807) is 0 Å². The Morgan fingerprint density at radius 1 is 1.29 bits per heavy atom. The largest absolute Gasteiger partial charge is 0.490 e. The Bertz CT molecular complexity index is 144. The van der Waals surface area contributed by atoms with E-state index in [0.29, 0.717) is 0 Å². The average molecular weight is 215 g/mol. The first-order valence-electron chi connectivity index (χ1n) is 4.36. The van der Waals surface area contributed by atoms with E-state index in [0.717, 1.165) is 6.54 Å². The summed E-state index contributed by atoms with van der Waals surface area (Å²) in [6, 6.07) is 0. The molecular formula is C8H16F3NO2. The van der Waals surface area contributed by atoms with Gasteiger partial charge >= 0.3 is 12.1 Å². The normalized spacial score (nSPS) is 10.4. The van der Waals surface area contributed by atoms with Crippen LogP contribution in [0, 0.1) is 0 Å². The Labute approximate surface area is 81.1 Å². The van der Waals surface area contributed by atoms with E-state index in [1.807, 2.05) is 0 Å². The number of carbonyl (C=O) groups is 1. The molecule has 0 aromatic carbocycles. The van der Waals surface area contributed by atoms with Crippen molar-refractivity contribution in [2.45, 2.75) is 38.8 Å². The zero-order valence-corrected chi connectivity index (χ0v) is 8.10. The van der Waals surface area contributed by atoms with Gasteiger partial charge in [0.2, 0.25) is 0 Å². The third kappa shape index (κ3) is 13.8. The Morgan fingerprint density at radius 2 is 1.71 bits per heavy atom. The first-order valence-corrected chi connectivity index (χ1v) is 4.36. The molecule has 0 aliphatic carbocycles. The van der Waals surface area contributed by atoms with Crippen LogP contribution in [0.3, 0.4) is 0 Å². The van der Waals surface area contributed by atoms with Crippen molar-refractivity contribution in [3.05, 3.63) is 0 Å². The number of hydrogen-bond acceptors (Lipinski definition) is 2. The van der Waals surface area contributed by atoms with Gasteiger partial charge in [0.15, 0.2) is 0 Å². The fourth-order valence-electron chi connectivity index (χ4n) is 0.571. The topological polar surface area (TPSA) is 63.3 Å². The molecule has 0 bridgehead atoms. The highest BCUT2D eigenvalue weighted by molar-refractivity contribution is 5.73. The number of rotatable bonds is 4. The minimum absolute atomic E-state index is 0.861. The first kappa shape index (κ1) is 15.7. The van der Waals surface area contributed by atoms with Gasteiger partial charge in [-0.1, -0.05) is 26.2 Å². The molecular weight excluding hydrogens is 199 g/mol. The molecule has 6 heteroatoms. The summed E-state index contributed by atoms with van der Waals surface area (Å²) in [7, 11) is 0. The Morgan fingerprint density at radius 3 is 1.93 bits per heavy atom. The molecule has 14 heavy (non-hydrogen) atoms. The summed E-state index contributed by atoms with van der Waals surface area (Å²) in [5.41, 5.74) is 5.27. The minimum Gasteiger partial charge on any atom is -0.475 e. The predicted octanol–water partition coefficient (Wildman–Crippen LogP) is 2.16. The van der Waals surface area contributed by atoms with Crippen molar-refractivity contribution < 1.29 is 23.1 Å². The van der Waals surface area contributed by atoms with Crippen LogP contribution in [-0.2, 0) is 4.79 Å². The molecule has 0 rings (SSSR count). The average Bonchev–Trinajstić information content (AvgIpc) is 2.05. The molecule has 0 aromatic heterocycles. The summed E-state index contributed by atoms with van der Waals surface area (Å²) >= 11 is 0. The minimum atomic E-state index is -5.08. The number of carboxylic acid groups (broad SMARTS) is 1. The second-order valence-corrected chi connectivity index (χ2v) is 2.65. The standard InChI is InChI=1S/C6H15N.C2HF3O2/c1-2-3-4-5-6-7;3-2(4,5)1(6)7/h2-7H2,1H3;(H,6,7). The van der Waals surface area contributed by atoms with E-state index in [9.17, 15) is 13.2 Å². The van der Waals surface area contributed by atoms with E-state index >= 15 is 0 Å². The van der Waals surface area contributed by atoms with Crippen LogP contribution in [0.4, 0.5) is 13.2 Å². The zero-order chi connectivity index (χ0) is 11.6. The van der Waals surface area contributed by atoms with Crippen LogP contribution in [0.5, 0.6) is 0 Å². The van der Waals surface area contributed by atoms with E-state index < -0.39 is 12.1 Å². The number of carboxylic acids is 1. The van der Waals surface area contributed by atoms with Crippen LogP contribution < -0.4 is 5.73 Å². The van der Waals surface area contributed by atoms with Gasteiger partial charge < -0.3 is 10.8 Å². The number of aliphatic carboxylic acids is 1. The van der Waals surface area contributed by atoms with Gasteiger partial charge in [0.25, 0.3) is 0 Å². The molecule has 0 heterocycles. The van der Waals surface area contributed by atoms with Crippen molar-refractivity contribution >= 4 is 5.97 Å². The second-order valence-electron chi connectivity index (χ2n) is 2.65. The van der Waals surface area contributed by atoms with Crippen molar-refractivity contribution in [3.8, 4) is 0 Å². The van der Waals surface area contributed by atoms with Gasteiger partial charge in [-0.25, -0.2) is 4.79 Å². The van der Waals surface area contributed by atoms with Gasteiger partial charge in [-0.2, -0.15) is 13.2 Å². The molecule has 86 valence electrons. The fraction of sp³-hybridized carbons (Fsp3) is 0.875. The quantitative estimate of drug-likeness (QED) is 0.706. The van der Waals surface area contributed by atoms with Gasteiger partial charge in [-0.3, -0.25) is 0 Å². The number of halogens is 3. The molecule has 0 spiro atoms. The lowest BCUT2D eigenvalue weighted by molar-refractivity contribution is -0.192. The maximum atomic E-state index is 10.6. The highest BCUT2D eigenvalue weighted by atomic mass is 19.4. The zero-order valence-electron chi connectivity index (χ0n) is 8.10. The van der Waals surface area contributed by atoms with Crippen molar-refractivity contribution in [2.24, 2.45) is 5.73 Å². The third-order valence-electron chi connectivity index (χ3n) is 1.30. The monoisotopic (exact) mass is 215 g/mol. The lowest BCUT2D eigenvalue weighted by Crippen LogP contribution is -2.21. The lowest BCUT2D eigenvalue weighted by Gasteiger charge is -1.93. The molecule has 0 atom stereocenters. The maximum Gasteiger partial charge on any atom is 0.490 e. The second kappa shape index (κ2) is 8.80. The van der Waals surface area contributed by atoms with E-state index in [4.69, 9.17) is 15.6 Å². The maximum absolute atomic E-state index is 10.6. The van der Waals surface area contributed by atoms with Crippen molar-refractivity contribution in [1.29, 1.82) is 0 Å². The Kier molecular flexibility index (Phi) is 9.86. The van der Waals surface area contributed by atoms with Crippen LogP contribution in [-0.4, -0.2) is 23.8 Å². The molecule has 0 aromatic rings. The van der Waals surface area contributed by atoms with Gasteiger partial charge in [0.1, 0.15) is 0 Å². The number of nitrogens with two attached hydrogens (primary N) is 1. The van der Waals surface area contributed by atoms with Gasteiger partial charge in [0.05, 0.1) is 0 Å². The highest BCUT2D eigenvalue weighted by Crippen LogP contribution is 2.13. The summed E-state index contributed by atoms with van der Waals surface area (Å²) in [6.45, 7) is 3.07. The van der Waals surface area contributed by atoms with Crippen LogP contribution >= 0.6 is 0 Å². The van der Waals surface area contributed by atoms with Gasteiger partial charge in [0, 0.05) is 0 Å². The van der Waals surface area contributed by atoms with Crippen molar-refractivity contribution in [1.82, 2.24) is 0 Å². The van der Waals surface area contributed by atoms with E-state index in [-0.39, 0.29) is 0 Å². The summed E-state index contributed by atoms with van der Waals surface area (Å²) in [5, 5.41) is 7.12. The Balaban J connectivity index is 0. The number of hydrogen-bond donors (Lipinski definition) is 2. The molecule has 0 aliphatic heterocycles. The van der Waals surface area contributed by atoms with Crippen LogP contribution in [0.25, 0.3) is 0 Å².